The molecule has 1 heterocycles. The number of primary amides is 1. The summed E-state index contributed by atoms with van der Waals surface area (Å²) in [6.07, 6.45) is 5.03. The van der Waals surface area contributed by atoms with Gasteiger partial charge in [0.1, 0.15) is 6.54 Å². The fraction of sp³-hybridized carbons (Fsp3) is 0.400. The number of hydrogen-bond acceptors (Lipinski definition) is 2. The lowest BCUT2D eigenvalue weighted by atomic mass is 10.2. The van der Waals surface area contributed by atoms with Crippen LogP contribution in [0, 0.1) is 4.51 Å². The van der Waals surface area contributed by atoms with Gasteiger partial charge in [-0.3, -0.25) is 4.79 Å². The molecule has 0 spiro atoms. The molecule has 0 aromatic carbocycles. The summed E-state index contributed by atoms with van der Waals surface area (Å²) in [5.41, 5.74) is 7.59. The predicted octanol–water partition coefficient (Wildman–Crippen LogP) is 1.19. The van der Waals surface area contributed by atoms with Crippen LogP contribution < -0.4 is 5.73 Å². The molecule has 14 heavy (non-hydrogen) atoms. The van der Waals surface area contributed by atoms with E-state index < -0.39 is 0 Å². The van der Waals surface area contributed by atoms with E-state index in [0.717, 1.165) is 23.8 Å². The lowest BCUT2D eigenvalue weighted by Crippen LogP contribution is -2.20. The smallest absolute Gasteiger partial charge is 0.237 e. The van der Waals surface area contributed by atoms with Gasteiger partial charge in [0, 0.05) is 16.4 Å². The molecule has 4 heteroatoms. The maximum Gasteiger partial charge on any atom is 0.237 e. The van der Waals surface area contributed by atoms with E-state index in [1.165, 1.54) is 11.3 Å². The molecule has 1 aromatic heterocycles. The monoisotopic (exact) mass is 208 g/mol. The van der Waals surface area contributed by atoms with E-state index in [0.29, 0.717) is 0 Å². The number of aromatic nitrogens is 1. The molecular formula is C10H12N2OS. The number of carbonyl (C=O) groups excluding carboxylic acids is 1. The minimum Gasteiger partial charge on any atom is -0.368 e. The van der Waals surface area contributed by atoms with Crippen LogP contribution in [-0.2, 0) is 24.2 Å². The largest absolute Gasteiger partial charge is 0.368 e. The van der Waals surface area contributed by atoms with Crippen LogP contribution >= 0.6 is 12.2 Å². The molecule has 0 radical (unpaired) electrons. The van der Waals surface area contributed by atoms with Gasteiger partial charge < -0.3 is 10.3 Å². The average Bonchev–Trinajstić information content (AvgIpc) is 2.58. The van der Waals surface area contributed by atoms with Crippen LogP contribution in [-0.4, -0.2) is 10.5 Å². The van der Waals surface area contributed by atoms with E-state index in [-0.39, 0.29) is 12.5 Å². The topological polar surface area (TPSA) is 48.0 Å². The maximum absolute atomic E-state index is 10.8. The van der Waals surface area contributed by atoms with Gasteiger partial charge >= 0.3 is 0 Å². The van der Waals surface area contributed by atoms with Crippen molar-refractivity contribution < 1.29 is 4.79 Å². The number of nitrogens with zero attached hydrogens (tertiary/aromatic N) is 1. The molecule has 2 N–H and O–H groups in total. The average molecular weight is 208 g/mol. The van der Waals surface area contributed by atoms with Gasteiger partial charge in [0.05, 0.1) is 0 Å². The molecule has 74 valence electrons. The molecule has 1 aromatic rings. The van der Waals surface area contributed by atoms with Gasteiger partial charge in [0.15, 0.2) is 0 Å². The maximum atomic E-state index is 10.8. The zero-order valence-corrected chi connectivity index (χ0v) is 8.64. The first-order valence-electron chi connectivity index (χ1n) is 4.68. The van der Waals surface area contributed by atoms with E-state index in [9.17, 15) is 4.79 Å². The van der Waals surface area contributed by atoms with Crippen molar-refractivity contribution in [3.05, 3.63) is 28.0 Å². The highest BCUT2D eigenvalue weighted by Crippen LogP contribution is 2.22. The Morgan fingerprint density at radius 3 is 3.07 bits per heavy atom. The molecule has 0 aliphatic heterocycles. The van der Waals surface area contributed by atoms with Crippen molar-refractivity contribution in [3.8, 4) is 0 Å². The molecule has 2 rings (SSSR count). The van der Waals surface area contributed by atoms with E-state index in [2.05, 4.69) is 0 Å². The van der Waals surface area contributed by atoms with Crippen LogP contribution in [0.25, 0.3) is 0 Å². The number of carbonyl (C=O) groups is 1. The van der Waals surface area contributed by atoms with Crippen molar-refractivity contribution in [2.75, 3.05) is 0 Å². The molecule has 0 atom stereocenters. The van der Waals surface area contributed by atoms with Crippen molar-refractivity contribution in [2.45, 2.75) is 25.8 Å². The molecule has 0 saturated heterocycles. The molecule has 1 aliphatic carbocycles. The summed E-state index contributed by atoms with van der Waals surface area (Å²) in [5.74, 6) is -0.304. The van der Waals surface area contributed by atoms with Gasteiger partial charge in [0.25, 0.3) is 0 Å². The minimum absolute atomic E-state index is 0.262. The Morgan fingerprint density at radius 1 is 1.57 bits per heavy atom. The molecular weight excluding hydrogens is 196 g/mol. The summed E-state index contributed by atoms with van der Waals surface area (Å²) in [4.78, 5) is 10.8. The van der Waals surface area contributed by atoms with Crippen LogP contribution in [0.1, 0.15) is 17.7 Å². The molecule has 0 fully saturated rings. The normalized spacial score (nSPS) is 14.0. The second-order valence-electron chi connectivity index (χ2n) is 3.55. The van der Waals surface area contributed by atoms with E-state index in [1.807, 2.05) is 16.8 Å². The summed E-state index contributed by atoms with van der Waals surface area (Å²) >= 11 is 5.22. The van der Waals surface area contributed by atoms with Gasteiger partial charge in [-0.15, -0.1) is 0 Å². The Labute approximate surface area is 87.5 Å². The van der Waals surface area contributed by atoms with Crippen molar-refractivity contribution in [2.24, 2.45) is 5.73 Å². The Balaban J connectivity index is 2.48. The highest BCUT2D eigenvalue weighted by molar-refractivity contribution is 7.71. The number of amides is 1. The molecule has 1 amide bonds. The van der Waals surface area contributed by atoms with Gasteiger partial charge in [-0.05, 0) is 30.9 Å². The quantitative estimate of drug-likeness (QED) is 0.742. The van der Waals surface area contributed by atoms with E-state index in [4.69, 9.17) is 18.0 Å². The summed E-state index contributed by atoms with van der Waals surface area (Å²) in [7, 11) is 0. The van der Waals surface area contributed by atoms with Crippen molar-refractivity contribution in [1.29, 1.82) is 0 Å². The summed E-state index contributed by atoms with van der Waals surface area (Å²) < 4.78 is 2.83. The number of nitrogens with two attached hydrogens (primary N) is 1. The number of fused-ring (bicyclic) bond motifs is 1. The van der Waals surface area contributed by atoms with Crippen LogP contribution in [0.5, 0.6) is 0 Å². The number of pyridine rings is 1. The molecule has 0 saturated carbocycles. The lowest BCUT2D eigenvalue weighted by molar-refractivity contribution is -0.118. The minimum atomic E-state index is -0.304. The van der Waals surface area contributed by atoms with Crippen molar-refractivity contribution in [3.63, 3.8) is 0 Å². The Morgan fingerprint density at radius 2 is 2.36 bits per heavy atom. The molecule has 3 nitrogen and oxygen atoms in total. The SMILES string of the molecule is NC(=O)Cn1ccc(=S)c2c1CCC2. The molecule has 1 aliphatic rings. The standard InChI is InChI=1S/C10H12N2OS/c11-10(13)6-12-5-4-9(14)7-2-1-3-8(7)12/h4-5H,1-3,6H2,(H2,11,13). The Bertz CT molecular complexity index is 436. The first kappa shape index (κ1) is 9.40. The van der Waals surface area contributed by atoms with Gasteiger partial charge in [-0.25, -0.2) is 0 Å². The fourth-order valence-electron chi connectivity index (χ4n) is 1.97. The summed E-state index contributed by atoms with van der Waals surface area (Å²) in [6, 6.07) is 1.88. The predicted molar refractivity (Wildman–Crippen MR) is 56.5 cm³/mol. The zero-order chi connectivity index (χ0) is 10.1. The van der Waals surface area contributed by atoms with Crippen LogP contribution in [0.3, 0.4) is 0 Å². The lowest BCUT2D eigenvalue weighted by Gasteiger charge is -2.10. The molecule has 0 unspecified atom stereocenters. The molecule has 0 bridgehead atoms. The second-order valence-corrected chi connectivity index (χ2v) is 3.99. The number of rotatable bonds is 2. The third kappa shape index (κ3) is 1.57. The van der Waals surface area contributed by atoms with Gasteiger partial charge in [-0.1, -0.05) is 12.2 Å². The Kier molecular flexibility index (Phi) is 2.37. The Hall–Kier alpha value is -1.16. The van der Waals surface area contributed by atoms with E-state index >= 15 is 0 Å². The van der Waals surface area contributed by atoms with Crippen LogP contribution in [0.2, 0.25) is 0 Å². The fourth-order valence-corrected chi connectivity index (χ4v) is 2.26. The highest BCUT2D eigenvalue weighted by atomic mass is 32.1. The van der Waals surface area contributed by atoms with Crippen molar-refractivity contribution >= 4 is 18.1 Å². The van der Waals surface area contributed by atoms with Gasteiger partial charge in [-0.2, -0.15) is 0 Å². The highest BCUT2D eigenvalue weighted by Gasteiger charge is 2.15. The summed E-state index contributed by atoms with van der Waals surface area (Å²) in [5, 5.41) is 0. The first-order valence-corrected chi connectivity index (χ1v) is 5.09. The van der Waals surface area contributed by atoms with Crippen LogP contribution in [0.4, 0.5) is 0 Å². The van der Waals surface area contributed by atoms with Crippen molar-refractivity contribution in [1.82, 2.24) is 4.57 Å². The van der Waals surface area contributed by atoms with Gasteiger partial charge in [0.2, 0.25) is 5.91 Å². The second kappa shape index (κ2) is 3.53. The van der Waals surface area contributed by atoms with E-state index in [1.54, 1.807) is 0 Å². The van der Waals surface area contributed by atoms with Crippen LogP contribution in [0.15, 0.2) is 12.3 Å². The third-order valence-electron chi connectivity index (χ3n) is 2.56. The number of hydrogen-bond donors (Lipinski definition) is 1. The first-order chi connectivity index (χ1) is 6.68. The zero-order valence-electron chi connectivity index (χ0n) is 7.82. The third-order valence-corrected chi connectivity index (χ3v) is 2.95. The summed E-state index contributed by atoms with van der Waals surface area (Å²) in [6.45, 7) is 0.262.